The van der Waals surface area contributed by atoms with Gasteiger partial charge in [-0.15, -0.1) is 0 Å². The second kappa shape index (κ2) is 7.97. The molecule has 2 saturated heterocycles. The number of aliphatic hydroxyl groups excluding tert-OH is 1. The molecule has 2 heterocycles. The zero-order valence-corrected chi connectivity index (χ0v) is 16.7. The van der Waals surface area contributed by atoms with E-state index in [2.05, 4.69) is 16.8 Å². The number of hydrogen-bond donors (Lipinski definition) is 1. The molecule has 6 nitrogen and oxygen atoms in total. The summed E-state index contributed by atoms with van der Waals surface area (Å²) in [5.74, 6) is 0.216. The summed E-state index contributed by atoms with van der Waals surface area (Å²) < 4.78 is 18.9. The van der Waals surface area contributed by atoms with E-state index in [1.54, 1.807) is 6.07 Å². The number of ether oxygens (including phenoxy) is 1. The molecule has 0 spiro atoms. The Hall–Kier alpha value is -1.70. The number of methoxy groups -OCH3 is 1. The van der Waals surface area contributed by atoms with E-state index in [9.17, 15) is 14.3 Å². The molecular weight excluding hydrogens is 361 g/mol. The van der Waals surface area contributed by atoms with Crippen LogP contribution in [0.2, 0.25) is 0 Å². The number of amides is 1. The number of hydrogen-bond acceptors (Lipinski definition) is 5. The lowest BCUT2D eigenvalue weighted by Crippen LogP contribution is -2.55. The van der Waals surface area contributed by atoms with Gasteiger partial charge in [0.05, 0.1) is 13.2 Å². The molecule has 4 rings (SSSR count). The SMILES string of the molecule is COc1ccc(C(=O)N2C[C@H]3C[C@@H](N4CCN(C)CC4)[C@H](O)C[C@H]3C2)cc1F. The lowest BCUT2D eigenvalue weighted by Gasteiger charge is -2.44. The molecular formula is C21H30FN3O3. The normalized spacial score (nSPS) is 31.6. The summed E-state index contributed by atoms with van der Waals surface area (Å²) in [4.78, 5) is 19.5. The number of carbonyl (C=O) groups excluding carboxylic acids is 1. The van der Waals surface area contributed by atoms with Gasteiger partial charge in [-0.1, -0.05) is 0 Å². The molecule has 1 aromatic rings. The van der Waals surface area contributed by atoms with Crippen molar-refractivity contribution >= 4 is 5.91 Å². The Labute approximate surface area is 165 Å². The van der Waals surface area contributed by atoms with E-state index >= 15 is 0 Å². The number of carbonyl (C=O) groups is 1. The lowest BCUT2D eigenvalue weighted by molar-refractivity contribution is -0.0249. The highest BCUT2D eigenvalue weighted by Gasteiger charge is 2.45. The number of likely N-dealkylation sites (tertiary alicyclic amines) is 1. The molecule has 7 heteroatoms. The van der Waals surface area contributed by atoms with E-state index < -0.39 is 5.82 Å². The van der Waals surface area contributed by atoms with E-state index in [4.69, 9.17) is 4.74 Å². The zero-order chi connectivity index (χ0) is 19.8. The van der Waals surface area contributed by atoms with Gasteiger partial charge >= 0.3 is 0 Å². The zero-order valence-electron chi connectivity index (χ0n) is 16.7. The number of likely N-dealkylation sites (N-methyl/N-ethyl adjacent to an activating group) is 1. The van der Waals surface area contributed by atoms with Gasteiger partial charge in [-0.3, -0.25) is 9.69 Å². The Kier molecular flexibility index (Phi) is 5.58. The van der Waals surface area contributed by atoms with Gasteiger partial charge in [-0.2, -0.15) is 0 Å². The summed E-state index contributed by atoms with van der Waals surface area (Å²) in [6.07, 6.45) is 1.33. The average Bonchev–Trinajstić information content (AvgIpc) is 3.10. The highest BCUT2D eigenvalue weighted by Crippen LogP contribution is 2.39. The Morgan fingerprint density at radius 1 is 1.14 bits per heavy atom. The fourth-order valence-corrected chi connectivity index (χ4v) is 5.10. The first-order valence-corrected chi connectivity index (χ1v) is 10.2. The lowest BCUT2D eigenvalue weighted by atomic mass is 9.77. The molecule has 0 unspecified atom stereocenters. The number of fused-ring (bicyclic) bond motifs is 1. The molecule has 3 aliphatic rings. The molecule has 0 bridgehead atoms. The van der Waals surface area contributed by atoms with E-state index in [-0.39, 0.29) is 23.8 Å². The van der Waals surface area contributed by atoms with E-state index in [1.807, 2.05) is 4.90 Å². The monoisotopic (exact) mass is 391 g/mol. The van der Waals surface area contributed by atoms with E-state index in [0.717, 1.165) is 39.0 Å². The van der Waals surface area contributed by atoms with Crippen molar-refractivity contribution in [3.63, 3.8) is 0 Å². The minimum Gasteiger partial charge on any atom is -0.494 e. The minimum absolute atomic E-state index is 0.137. The number of aliphatic hydroxyl groups is 1. The number of halogens is 1. The minimum atomic E-state index is -0.518. The number of nitrogens with zero attached hydrogens (tertiary/aromatic N) is 3. The molecule has 0 radical (unpaired) electrons. The first kappa shape index (κ1) is 19.6. The van der Waals surface area contributed by atoms with Crippen LogP contribution in [-0.4, -0.2) is 91.3 Å². The standard InChI is InChI=1S/C21H30FN3O3/c1-23-5-7-24(8-6-23)18-10-15-12-25(13-16(15)11-19(18)26)21(27)14-3-4-20(28-2)17(22)9-14/h3-4,9,15-16,18-19,26H,5-8,10-13H2,1-2H3/t15-,16+,18-,19-/m1/s1. The van der Waals surface area contributed by atoms with Crippen molar-refractivity contribution in [2.24, 2.45) is 11.8 Å². The van der Waals surface area contributed by atoms with E-state index in [1.165, 1.54) is 19.2 Å². The predicted molar refractivity (Wildman–Crippen MR) is 104 cm³/mol. The predicted octanol–water partition coefficient (Wildman–Crippen LogP) is 1.29. The van der Waals surface area contributed by atoms with Crippen molar-refractivity contribution in [2.45, 2.75) is 25.0 Å². The molecule has 4 atom stereocenters. The summed E-state index contributed by atoms with van der Waals surface area (Å²) >= 11 is 0. The molecule has 1 saturated carbocycles. The maximum atomic E-state index is 14.0. The third-order valence-corrected chi connectivity index (χ3v) is 6.80. The van der Waals surface area contributed by atoms with Crippen molar-refractivity contribution in [1.29, 1.82) is 0 Å². The molecule has 2 aliphatic heterocycles. The van der Waals surface area contributed by atoms with Crippen LogP contribution < -0.4 is 4.74 Å². The van der Waals surface area contributed by atoms with Gasteiger partial charge in [-0.25, -0.2) is 4.39 Å². The maximum absolute atomic E-state index is 14.0. The van der Waals surface area contributed by atoms with Crippen LogP contribution in [-0.2, 0) is 0 Å². The second-order valence-electron chi connectivity index (χ2n) is 8.52. The molecule has 3 fully saturated rings. The van der Waals surface area contributed by atoms with Crippen LogP contribution >= 0.6 is 0 Å². The molecule has 28 heavy (non-hydrogen) atoms. The van der Waals surface area contributed by atoms with Crippen LogP contribution in [0.1, 0.15) is 23.2 Å². The van der Waals surface area contributed by atoms with Crippen molar-refractivity contribution in [2.75, 3.05) is 53.4 Å². The van der Waals surface area contributed by atoms with Gasteiger partial charge in [0.25, 0.3) is 5.91 Å². The van der Waals surface area contributed by atoms with E-state index in [0.29, 0.717) is 30.5 Å². The van der Waals surface area contributed by atoms with Crippen LogP contribution in [0.25, 0.3) is 0 Å². The van der Waals surface area contributed by atoms with Crippen LogP contribution in [0.3, 0.4) is 0 Å². The number of rotatable bonds is 3. The fourth-order valence-electron chi connectivity index (χ4n) is 5.10. The summed E-state index contributed by atoms with van der Waals surface area (Å²) in [7, 11) is 3.54. The highest BCUT2D eigenvalue weighted by molar-refractivity contribution is 5.94. The van der Waals surface area contributed by atoms with Crippen molar-refractivity contribution < 1.29 is 19.0 Å². The molecule has 154 valence electrons. The van der Waals surface area contributed by atoms with Crippen molar-refractivity contribution in [3.05, 3.63) is 29.6 Å². The number of piperazine rings is 1. The highest BCUT2D eigenvalue weighted by atomic mass is 19.1. The first-order chi connectivity index (χ1) is 13.5. The Morgan fingerprint density at radius 3 is 2.46 bits per heavy atom. The average molecular weight is 391 g/mol. The molecule has 1 aromatic carbocycles. The Balaban J connectivity index is 1.41. The molecule has 0 aromatic heterocycles. The van der Waals surface area contributed by atoms with Gasteiger partial charge in [-0.05, 0) is 49.9 Å². The van der Waals surface area contributed by atoms with Crippen LogP contribution in [0.4, 0.5) is 4.39 Å². The van der Waals surface area contributed by atoms with Gasteiger partial charge in [0.1, 0.15) is 0 Å². The first-order valence-electron chi connectivity index (χ1n) is 10.2. The largest absolute Gasteiger partial charge is 0.494 e. The third kappa shape index (κ3) is 3.75. The van der Waals surface area contributed by atoms with Gasteiger partial charge in [0.15, 0.2) is 11.6 Å². The molecule has 1 amide bonds. The van der Waals surface area contributed by atoms with Gasteiger partial charge in [0, 0.05) is 50.9 Å². The smallest absolute Gasteiger partial charge is 0.253 e. The Bertz CT molecular complexity index is 723. The van der Waals surface area contributed by atoms with Crippen molar-refractivity contribution in [1.82, 2.24) is 14.7 Å². The third-order valence-electron chi connectivity index (χ3n) is 6.80. The van der Waals surface area contributed by atoms with Gasteiger partial charge < -0.3 is 19.6 Å². The maximum Gasteiger partial charge on any atom is 0.253 e. The summed E-state index contributed by atoms with van der Waals surface area (Å²) in [5.41, 5.74) is 0.355. The van der Waals surface area contributed by atoms with Crippen LogP contribution in [0, 0.1) is 17.7 Å². The van der Waals surface area contributed by atoms with Gasteiger partial charge in [0.2, 0.25) is 0 Å². The molecule has 1 aliphatic carbocycles. The molecule has 1 N–H and O–H groups in total. The topological polar surface area (TPSA) is 56.2 Å². The summed E-state index contributed by atoms with van der Waals surface area (Å²) in [6.45, 7) is 5.38. The van der Waals surface area contributed by atoms with Crippen molar-refractivity contribution in [3.8, 4) is 5.75 Å². The fraction of sp³-hybridized carbons (Fsp3) is 0.667. The quantitative estimate of drug-likeness (QED) is 0.842. The second-order valence-corrected chi connectivity index (χ2v) is 8.52. The summed E-state index contributed by atoms with van der Waals surface area (Å²) in [5, 5.41) is 10.7. The Morgan fingerprint density at radius 2 is 1.82 bits per heavy atom. The van der Waals surface area contributed by atoms with Crippen LogP contribution in [0.5, 0.6) is 5.75 Å². The summed E-state index contributed by atoms with van der Waals surface area (Å²) in [6, 6.07) is 4.56. The van der Waals surface area contributed by atoms with Crippen LogP contribution in [0.15, 0.2) is 18.2 Å². The number of benzene rings is 1.